The fourth-order valence-corrected chi connectivity index (χ4v) is 3.72. The van der Waals surface area contributed by atoms with Crippen molar-refractivity contribution < 1.29 is 33.4 Å². The lowest BCUT2D eigenvalue weighted by molar-refractivity contribution is -0.145. The van der Waals surface area contributed by atoms with Gasteiger partial charge >= 0.3 is 12.1 Å². The van der Waals surface area contributed by atoms with Crippen LogP contribution in [0.25, 0.3) is 0 Å². The Balaban J connectivity index is 3.03. The molecule has 1 aromatic rings. The fraction of sp³-hybridized carbons (Fsp3) is 0.621. The molecule has 0 heterocycles. The summed E-state index contributed by atoms with van der Waals surface area (Å²) >= 11 is 0. The van der Waals surface area contributed by atoms with Crippen LogP contribution >= 0.6 is 0 Å². The van der Waals surface area contributed by atoms with Gasteiger partial charge in [0, 0.05) is 6.42 Å². The monoisotopic (exact) mass is 562 g/mol. The zero-order chi connectivity index (χ0) is 30.5. The van der Waals surface area contributed by atoms with Gasteiger partial charge in [-0.05, 0) is 44.6 Å². The maximum Gasteiger partial charge on any atom is 0.408 e. The predicted octanol–water partition coefficient (Wildman–Crippen LogP) is 2.95. The van der Waals surface area contributed by atoms with Crippen molar-refractivity contribution in [3.8, 4) is 0 Å². The summed E-state index contributed by atoms with van der Waals surface area (Å²) in [5, 5.41) is 7.86. The second-order valence-electron chi connectivity index (χ2n) is 11.0. The van der Waals surface area contributed by atoms with Crippen molar-refractivity contribution in [3.05, 3.63) is 35.9 Å². The first-order chi connectivity index (χ1) is 18.7. The Labute approximate surface area is 237 Å². The smallest absolute Gasteiger partial charge is 0.408 e. The van der Waals surface area contributed by atoms with Crippen molar-refractivity contribution in [1.82, 2.24) is 16.0 Å². The molecule has 0 aliphatic carbocycles. The molecule has 0 bridgehead atoms. The van der Waals surface area contributed by atoms with Crippen molar-refractivity contribution in [2.45, 2.75) is 104 Å². The highest BCUT2D eigenvalue weighted by Gasteiger charge is 2.33. The molecule has 0 aliphatic heterocycles. The summed E-state index contributed by atoms with van der Waals surface area (Å²) in [6.07, 6.45) is 0.0405. The van der Waals surface area contributed by atoms with E-state index in [0.717, 1.165) is 5.56 Å². The normalized spacial score (nSPS) is 15.0. The number of primary amides is 1. The Bertz CT molecular complexity index is 994. The van der Waals surface area contributed by atoms with Crippen LogP contribution in [0.5, 0.6) is 0 Å². The molecule has 0 unspecified atom stereocenters. The molecule has 0 fully saturated rings. The number of hydrogen-bond acceptors (Lipinski definition) is 7. The minimum atomic E-state index is -1.19. The average molecular weight is 563 g/mol. The van der Waals surface area contributed by atoms with Gasteiger partial charge < -0.3 is 31.2 Å². The lowest BCUT2D eigenvalue weighted by atomic mass is 9.94. The predicted molar refractivity (Wildman–Crippen MR) is 151 cm³/mol. The molecular weight excluding hydrogens is 516 g/mol. The lowest BCUT2D eigenvalue weighted by Crippen LogP contribution is -2.59. The topological polar surface area (TPSA) is 166 Å². The molecule has 1 aromatic carbocycles. The van der Waals surface area contributed by atoms with E-state index in [1.807, 2.05) is 44.2 Å². The molecule has 0 saturated carbocycles. The van der Waals surface area contributed by atoms with Gasteiger partial charge in [0.25, 0.3) is 0 Å². The highest BCUT2D eigenvalue weighted by Crippen LogP contribution is 2.14. The molecule has 5 atom stereocenters. The van der Waals surface area contributed by atoms with E-state index in [1.54, 1.807) is 34.6 Å². The number of alkyl carbamates (subject to hydrolysis) is 1. The van der Waals surface area contributed by atoms with Gasteiger partial charge in [0.2, 0.25) is 17.7 Å². The van der Waals surface area contributed by atoms with Crippen LogP contribution in [-0.2, 0) is 35.3 Å². The largest absolute Gasteiger partial charge is 0.461 e. The summed E-state index contributed by atoms with van der Waals surface area (Å²) in [5.41, 5.74) is 5.50. The number of carbonyl (C=O) groups excluding carboxylic acids is 5. The first kappa shape index (κ1) is 34.4. The minimum absolute atomic E-state index is 0.0729. The van der Waals surface area contributed by atoms with Gasteiger partial charge in [0.05, 0.1) is 0 Å². The Morgan fingerprint density at radius 1 is 0.850 bits per heavy atom. The van der Waals surface area contributed by atoms with Crippen molar-refractivity contribution in [2.75, 3.05) is 0 Å². The maximum absolute atomic E-state index is 13.4. The fourth-order valence-electron chi connectivity index (χ4n) is 3.72. The summed E-state index contributed by atoms with van der Waals surface area (Å²) in [6, 6.07) is 6.02. The van der Waals surface area contributed by atoms with Crippen LogP contribution in [0, 0.1) is 11.8 Å². The van der Waals surface area contributed by atoms with Crippen LogP contribution in [-0.4, -0.2) is 53.5 Å². The van der Waals surface area contributed by atoms with Crippen LogP contribution in [0.1, 0.15) is 79.7 Å². The van der Waals surface area contributed by atoms with Crippen LogP contribution in [0.3, 0.4) is 0 Å². The van der Waals surface area contributed by atoms with E-state index in [1.165, 1.54) is 0 Å². The Kier molecular flexibility index (Phi) is 14.2. The van der Waals surface area contributed by atoms with Crippen LogP contribution < -0.4 is 21.7 Å². The van der Waals surface area contributed by atoms with E-state index >= 15 is 0 Å². The van der Waals surface area contributed by atoms with Gasteiger partial charge in [-0.25, -0.2) is 4.79 Å². The van der Waals surface area contributed by atoms with Crippen molar-refractivity contribution in [1.29, 1.82) is 0 Å². The SMILES string of the molecule is CC[C@H](C)[C@H](NC(=O)[C@H](NC(=O)[C@@H](CCC(=O)OCc1ccccc1)NC(=O)OC(C)(C)C)[C@@H](C)CC)C(N)=O. The van der Waals surface area contributed by atoms with E-state index in [-0.39, 0.29) is 31.3 Å². The van der Waals surface area contributed by atoms with Crippen molar-refractivity contribution >= 4 is 29.8 Å². The summed E-state index contributed by atoms with van der Waals surface area (Å²) in [5.74, 6) is -2.99. The Morgan fingerprint density at radius 3 is 1.93 bits per heavy atom. The zero-order valence-corrected chi connectivity index (χ0v) is 24.7. The van der Waals surface area contributed by atoms with E-state index in [4.69, 9.17) is 15.2 Å². The number of hydrogen-bond donors (Lipinski definition) is 4. The molecular formula is C29H46N4O7. The van der Waals surface area contributed by atoms with Crippen LogP contribution in [0.4, 0.5) is 4.79 Å². The van der Waals surface area contributed by atoms with Crippen LogP contribution in [0.2, 0.25) is 0 Å². The molecule has 224 valence electrons. The number of nitrogens with one attached hydrogen (secondary N) is 3. The summed E-state index contributed by atoms with van der Waals surface area (Å²) in [7, 11) is 0. The molecule has 4 amide bonds. The molecule has 11 heteroatoms. The number of esters is 1. The third kappa shape index (κ3) is 12.5. The molecule has 0 aromatic heterocycles. The first-order valence-electron chi connectivity index (χ1n) is 13.8. The molecule has 0 aliphatic rings. The van der Waals surface area contributed by atoms with Gasteiger partial charge in [0.15, 0.2) is 0 Å². The number of rotatable bonds is 15. The van der Waals surface area contributed by atoms with E-state index in [9.17, 15) is 24.0 Å². The highest BCUT2D eigenvalue weighted by atomic mass is 16.6. The third-order valence-corrected chi connectivity index (χ3v) is 6.50. The summed E-state index contributed by atoms with van der Waals surface area (Å²) in [4.78, 5) is 63.5. The van der Waals surface area contributed by atoms with Gasteiger partial charge in [-0.15, -0.1) is 0 Å². The molecule has 11 nitrogen and oxygen atoms in total. The number of benzene rings is 1. The Morgan fingerprint density at radius 2 is 1.40 bits per heavy atom. The summed E-state index contributed by atoms with van der Waals surface area (Å²) in [6.45, 7) is 12.4. The van der Waals surface area contributed by atoms with Gasteiger partial charge in [-0.3, -0.25) is 19.2 Å². The lowest BCUT2D eigenvalue weighted by Gasteiger charge is -2.29. The standard InChI is InChI=1S/C29H46N4O7/c1-8-18(3)23(25(30)35)32-27(37)24(19(4)9-2)33-26(36)21(31-28(38)40-29(5,6)7)15-16-22(34)39-17-20-13-11-10-12-14-20/h10-14,18-19,21,23-24H,8-9,15-17H2,1-7H3,(H2,30,35)(H,31,38)(H,32,37)(H,33,36)/t18-,19-,21+,23-,24+/m0/s1. The van der Waals surface area contributed by atoms with Crippen molar-refractivity contribution in [3.63, 3.8) is 0 Å². The van der Waals surface area contributed by atoms with E-state index in [0.29, 0.717) is 12.8 Å². The number of nitrogens with two attached hydrogens (primary N) is 1. The molecule has 0 saturated heterocycles. The molecule has 0 radical (unpaired) electrons. The maximum atomic E-state index is 13.4. The van der Waals surface area contributed by atoms with Gasteiger partial charge in [-0.2, -0.15) is 0 Å². The van der Waals surface area contributed by atoms with E-state index < -0.39 is 53.5 Å². The second kappa shape index (κ2) is 16.5. The van der Waals surface area contributed by atoms with Crippen LogP contribution in [0.15, 0.2) is 30.3 Å². The third-order valence-electron chi connectivity index (χ3n) is 6.50. The minimum Gasteiger partial charge on any atom is -0.461 e. The number of carbonyl (C=O) groups is 5. The highest BCUT2D eigenvalue weighted by molar-refractivity contribution is 5.94. The molecule has 40 heavy (non-hydrogen) atoms. The van der Waals surface area contributed by atoms with Crippen molar-refractivity contribution in [2.24, 2.45) is 17.6 Å². The molecule has 1 rings (SSSR count). The van der Waals surface area contributed by atoms with Gasteiger partial charge in [-0.1, -0.05) is 70.9 Å². The van der Waals surface area contributed by atoms with Gasteiger partial charge in [0.1, 0.15) is 30.3 Å². The number of amides is 4. The molecule has 5 N–H and O–H groups in total. The molecule has 0 spiro atoms. The zero-order valence-electron chi connectivity index (χ0n) is 24.7. The number of ether oxygens (including phenoxy) is 2. The van der Waals surface area contributed by atoms with E-state index in [2.05, 4.69) is 16.0 Å². The Hall–Kier alpha value is -3.63. The average Bonchev–Trinajstić information content (AvgIpc) is 2.89. The first-order valence-corrected chi connectivity index (χ1v) is 13.8. The summed E-state index contributed by atoms with van der Waals surface area (Å²) < 4.78 is 10.6. The second-order valence-corrected chi connectivity index (χ2v) is 11.0. The quantitative estimate of drug-likeness (QED) is 0.239.